The molecule has 26 heavy (non-hydrogen) atoms. The summed E-state index contributed by atoms with van der Waals surface area (Å²) in [6, 6.07) is 10.0. The molecule has 1 aliphatic carbocycles. The molecule has 1 aliphatic rings. The number of thiophene rings is 1. The van der Waals surface area contributed by atoms with E-state index >= 15 is 0 Å². The molecule has 4 nitrogen and oxygen atoms in total. The molecule has 0 amide bonds. The van der Waals surface area contributed by atoms with Crippen molar-refractivity contribution in [2.45, 2.75) is 38.6 Å². The van der Waals surface area contributed by atoms with Crippen LogP contribution in [-0.2, 0) is 6.54 Å². The van der Waals surface area contributed by atoms with Gasteiger partial charge in [-0.05, 0) is 31.4 Å². The summed E-state index contributed by atoms with van der Waals surface area (Å²) >= 11 is 1.55. The maximum Gasteiger partial charge on any atom is 0.260 e. The Hall–Kier alpha value is -1.98. The molecule has 0 aliphatic heterocycles. The first-order valence-electron chi connectivity index (χ1n) is 9.45. The van der Waals surface area contributed by atoms with Crippen LogP contribution in [0.25, 0.3) is 21.3 Å². The first kappa shape index (κ1) is 17.4. The number of hydrogen-bond acceptors (Lipinski definition) is 4. The van der Waals surface area contributed by atoms with Gasteiger partial charge in [0.2, 0.25) is 0 Å². The molecule has 0 unspecified atom stereocenters. The van der Waals surface area contributed by atoms with Crippen molar-refractivity contribution in [1.82, 2.24) is 14.9 Å². The third-order valence-electron chi connectivity index (χ3n) is 5.29. The third-order valence-corrected chi connectivity index (χ3v) is 6.16. The van der Waals surface area contributed by atoms with Crippen molar-refractivity contribution in [3.05, 3.63) is 51.9 Å². The number of aromatic amines is 1. The maximum absolute atomic E-state index is 12.7. The Balaban J connectivity index is 1.55. The predicted octanol–water partition coefficient (Wildman–Crippen LogP) is 4.66. The number of H-pyrrole nitrogens is 1. The lowest BCUT2D eigenvalue weighted by Gasteiger charge is -2.26. The van der Waals surface area contributed by atoms with E-state index < -0.39 is 0 Å². The van der Waals surface area contributed by atoms with Crippen molar-refractivity contribution >= 4 is 21.6 Å². The smallest absolute Gasteiger partial charge is 0.260 e. The Morgan fingerprint density at radius 1 is 1.19 bits per heavy atom. The molecule has 0 radical (unpaired) electrons. The SMILES string of the molecule is CN(Cc1nc2scc(-c3ccccc3)c2c(=O)[nH]1)CC1CCCCC1. The molecule has 0 atom stereocenters. The molecular formula is C21H25N3OS. The topological polar surface area (TPSA) is 49.0 Å². The molecule has 4 rings (SSSR count). The van der Waals surface area contributed by atoms with Gasteiger partial charge in [0.05, 0.1) is 11.9 Å². The average molecular weight is 368 g/mol. The summed E-state index contributed by atoms with van der Waals surface area (Å²) in [4.78, 5) is 23.6. The van der Waals surface area contributed by atoms with Crippen molar-refractivity contribution in [3.8, 4) is 11.1 Å². The zero-order valence-electron chi connectivity index (χ0n) is 15.2. The summed E-state index contributed by atoms with van der Waals surface area (Å²) in [7, 11) is 2.13. The predicted molar refractivity (Wildman–Crippen MR) is 109 cm³/mol. The Morgan fingerprint density at radius 2 is 1.96 bits per heavy atom. The van der Waals surface area contributed by atoms with Crippen LogP contribution in [0.1, 0.15) is 37.9 Å². The zero-order chi connectivity index (χ0) is 17.9. The highest BCUT2D eigenvalue weighted by Gasteiger charge is 2.17. The van der Waals surface area contributed by atoms with E-state index in [2.05, 4.69) is 16.9 Å². The van der Waals surface area contributed by atoms with E-state index in [-0.39, 0.29) is 5.56 Å². The molecule has 0 saturated heterocycles. The number of aromatic nitrogens is 2. The largest absolute Gasteiger partial charge is 0.309 e. The highest BCUT2D eigenvalue weighted by atomic mass is 32.1. The lowest BCUT2D eigenvalue weighted by atomic mass is 9.89. The van der Waals surface area contributed by atoms with Gasteiger partial charge in [-0.3, -0.25) is 9.69 Å². The second-order valence-corrected chi connectivity index (χ2v) is 8.27. The van der Waals surface area contributed by atoms with E-state index in [9.17, 15) is 4.79 Å². The molecule has 3 aromatic rings. The molecule has 1 fully saturated rings. The van der Waals surface area contributed by atoms with Gasteiger partial charge in [0, 0.05) is 17.5 Å². The van der Waals surface area contributed by atoms with Gasteiger partial charge in [0.25, 0.3) is 5.56 Å². The third kappa shape index (κ3) is 3.74. The standard InChI is InChI=1S/C21H25N3OS/c1-24(12-15-8-4-2-5-9-15)13-18-22-20(25)19-17(14-26-21(19)23-18)16-10-6-3-7-11-16/h3,6-7,10-11,14-15H,2,4-5,8-9,12-13H2,1H3,(H,22,23,25). The minimum absolute atomic E-state index is 0.0313. The summed E-state index contributed by atoms with van der Waals surface area (Å²) < 4.78 is 0. The van der Waals surface area contributed by atoms with Gasteiger partial charge in [0.1, 0.15) is 10.7 Å². The number of benzene rings is 1. The van der Waals surface area contributed by atoms with Crippen LogP contribution < -0.4 is 5.56 Å². The first-order chi connectivity index (χ1) is 12.7. The fraction of sp³-hybridized carbons (Fsp3) is 0.429. The molecular weight excluding hydrogens is 342 g/mol. The van der Waals surface area contributed by atoms with Gasteiger partial charge in [-0.2, -0.15) is 0 Å². The molecule has 5 heteroatoms. The van der Waals surface area contributed by atoms with E-state index in [1.54, 1.807) is 11.3 Å². The molecule has 0 bridgehead atoms. The van der Waals surface area contributed by atoms with Gasteiger partial charge in [-0.15, -0.1) is 11.3 Å². The Kier molecular flexibility index (Phi) is 5.18. The van der Waals surface area contributed by atoms with Gasteiger partial charge < -0.3 is 4.98 Å². The second kappa shape index (κ2) is 7.72. The average Bonchev–Trinajstić information content (AvgIpc) is 3.08. The summed E-state index contributed by atoms with van der Waals surface area (Å²) in [5.74, 6) is 1.55. The van der Waals surface area contributed by atoms with Crippen molar-refractivity contribution in [1.29, 1.82) is 0 Å². The number of fused-ring (bicyclic) bond motifs is 1. The quantitative estimate of drug-likeness (QED) is 0.713. The zero-order valence-corrected chi connectivity index (χ0v) is 16.0. The van der Waals surface area contributed by atoms with Crippen LogP contribution in [0, 0.1) is 5.92 Å². The van der Waals surface area contributed by atoms with Crippen molar-refractivity contribution < 1.29 is 0 Å². The summed E-state index contributed by atoms with van der Waals surface area (Å²) in [5, 5.41) is 2.75. The van der Waals surface area contributed by atoms with E-state index in [4.69, 9.17) is 4.98 Å². The molecule has 0 spiro atoms. The number of nitrogens with one attached hydrogen (secondary N) is 1. The van der Waals surface area contributed by atoms with Gasteiger partial charge in [0.15, 0.2) is 0 Å². The lowest BCUT2D eigenvalue weighted by molar-refractivity contribution is 0.224. The van der Waals surface area contributed by atoms with Crippen LogP contribution in [0.2, 0.25) is 0 Å². The van der Waals surface area contributed by atoms with Gasteiger partial charge >= 0.3 is 0 Å². The van der Waals surface area contributed by atoms with Gasteiger partial charge in [-0.1, -0.05) is 49.6 Å². The van der Waals surface area contributed by atoms with Gasteiger partial charge in [-0.25, -0.2) is 4.98 Å². The normalized spacial score (nSPS) is 15.8. The molecule has 1 N–H and O–H groups in total. The fourth-order valence-corrected chi connectivity index (χ4v) is 5.00. The first-order valence-corrected chi connectivity index (χ1v) is 10.3. The molecule has 1 saturated carbocycles. The summed E-state index contributed by atoms with van der Waals surface area (Å²) in [6.07, 6.45) is 6.76. The summed E-state index contributed by atoms with van der Waals surface area (Å²) in [5.41, 5.74) is 2.01. The van der Waals surface area contributed by atoms with Crippen molar-refractivity contribution in [2.75, 3.05) is 13.6 Å². The monoisotopic (exact) mass is 367 g/mol. The van der Waals surface area contributed by atoms with E-state index in [1.807, 2.05) is 35.7 Å². The highest BCUT2D eigenvalue weighted by molar-refractivity contribution is 7.17. The van der Waals surface area contributed by atoms with Crippen molar-refractivity contribution in [2.24, 2.45) is 5.92 Å². The second-order valence-electron chi connectivity index (χ2n) is 7.41. The minimum atomic E-state index is -0.0313. The number of hydrogen-bond donors (Lipinski definition) is 1. The molecule has 2 aromatic heterocycles. The summed E-state index contributed by atoms with van der Waals surface area (Å²) in [6.45, 7) is 1.78. The molecule has 136 valence electrons. The number of nitrogens with zero attached hydrogens (tertiary/aromatic N) is 2. The van der Waals surface area contributed by atoms with Crippen LogP contribution >= 0.6 is 11.3 Å². The van der Waals surface area contributed by atoms with Crippen LogP contribution in [0.3, 0.4) is 0 Å². The Labute approximate surface area is 157 Å². The molecule has 2 heterocycles. The highest BCUT2D eigenvalue weighted by Crippen LogP contribution is 2.30. The van der Waals surface area contributed by atoms with E-state index in [0.29, 0.717) is 11.9 Å². The van der Waals surface area contributed by atoms with Crippen LogP contribution in [0.5, 0.6) is 0 Å². The fourth-order valence-electron chi connectivity index (χ4n) is 4.03. The Bertz CT molecular complexity index is 925. The maximum atomic E-state index is 12.7. The Morgan fingerprint density at radius 3 is 2.73 bits per heavy atom. The number of rotatable bonds is 5. The minimum Gasteiger partial charge on any atom is -0.309 e. The van der Waals surface area contributed by atoms with Crippen LogP contribution in [0.15, 0.2) is 40.5 Å². The van der Waals surface area contributed by atoms with Crippen molar-refractivity contribution in [3.63, 3.8) is 0 Å². The van der Waals surface area contributed by atoms with E-state index in [0.717, 1.165) is 34.2 Å². The van der Waals surface area contributed by atoms with Crippen LogP contribution in [0.4, 0.5) is 0 Å². The molecule has 1 aromatic carbocycles. The van der Waals surface area contributed by atoms with Crippen LogP contribution in [-0.4, -0.2) is 28.5 Å². The lowest BCUT2D eigenvalue weighted by Crippen LogP contribution is -2.28. The van der Waals surface area contributed by atoms with E-state index in [1.165, 1.54) is 32.1 Å².